The third-order valence-corrected chi connectivity index (χ3v) is 3.66. The number of aliphatic imine (C=N–C) groups is 1. The van der Waals surface area contributed by atoms with Gasteiger partial charge in [0.05, 0.1) is 0 Å². The van der Waals surface area contributed by atoms with Gasteiger partial charge in [0.1, 0.15) is 0 Å². The molecule has 0 bridgehead atoms. The summed E-state index contributed by atoms with van der Waals surface area (Å²) in [5, 5.41) is 6.66. The molecule has 0 spiro atoms. The molecular weight excluding hydrogens is 363 g/mol. The zero-order chi connectivity index (χ0) is 13.8. The minimum absolute atomic E-state index is 0. The minimum Gasteiger partial charge on any atom is -0.356 e. The Bertz CT molecular complexity index is 240. The quantitative estimate of drug-likeness (QED) is 0.287. The number of piperidine rings is 1. The van der Waals surface area contributed by atoms with Crippen molar-refractivity contribution in [2.24, 2.45) is 4.99 Å². The van der Waals surface area contributed by atoms with Crippen LogP contribution >= 0.6 is 24.0 Å². The Morgan fingerprint density at radius 3 is 2.35 bits per heavy atom. The second-order valence-corrected chi connectivity index (χ2v) is 5.39. The fourth-order valence-electron chi connectivity index (χ4n) is 2.49. The molecule has 0 aromatic rings. The fraction of sp³-hybridized carbons (Fsp3) is 0.933. The molecule has 1 rings (SSSR count). The van der Waals surface area contributed by atoms with Gasteiger partial charge >= 0.3 is 0 Å². The van der Waals surface area contributed by atoms with Crippen LogP contribution in [0.25, 0.3) is 0 Å². The van der Waals surface area contributed by atoms with Crippen LogP contribution in [0.3, 0.4) is 0 Å². The highest BCUT2D eigenvalue weighted by Crippen LogP contribution is 2.09. The van der Waals surface area contributed by atoms with Crippen molar-refractivity contribution in [3.8, 4) is 0 Å². The molecule has 1 aliphatic heterocycles. The van der Waals surface area contributed by atoms with E-state index in [4.69, 9.17) is 0 Å². The van der Waals surface area contributed by atoms with Gasteiger partial charge in [-0.3, -0.25) is 4.99 Å². The largest absolute Gasteiger partial charge is 0.356 e. The van der Waals surface area contributed by atoms with Crippen LogP contribution in [0.2, 0.25) is 0 Å². The SMILES string of the molecule is CCCNC(=NC)NCCCCCN1CCCCC1.I. The summed E-state index contributed by atoms with van der Waals surface area (Å²) in [4.78, 5) is 6.83. The molecule has 1 aliphatic rings. The van der Waals surface area contributed by atoms with Crippen molar-refractivity contribution in [2.45, 2.75) is 51.9 Å². The standard InChI is InChI=1S/C15H32N4.HI/c1-3-10-17-15(16-2)18-11-6-4-7-12-19-13-8-5-9-14-19;/h3-14H2,1-2H3,(H2,16,17,18);1H. The Hall–Kier alpha value is -0.0400. The molecule has 1 fully saturated rings. The first kappa shape index (κ1) is 20.0. The number of hydrogen-bond acceptors (Lipinski definition) is 2. The van der Waals surface area contributed by atoms with Crippen LogP contribution in [0, 0.1) is 0 Å². The molecule has 120 valence electrons. The first-order valence-electron chi connectivity index (χ1n) is 8.03. The predicted molar refractivity (Wildman–Crippen MR) is 99.2 cm³/mol. The normalized spacial score (nSPS) is 16.6. The third-order valence-electron chi connectivity index (χ3n) is 3.66. The lowest BCUT2D eigenvalue weighted by molar-refractivity contribution is 0.224. The van der Waals surface area contributed by atoms with Crippen LogP contribution in [-0.4, -0.2) is 50.6 Å². The maximum atomic E-state index is 4.20. The molecule has 5 heteroatoms. The Labute approximate surface area is 142 Å². The van der Waals surface area contributed by atoms with Gasteiger partial charge in [-0.15, -0.1) is 24.0 Å². The number of rotatable bonds is 8. The molecule has 20 heavy (non-hydrogen) atoms. The molecule has 0 saturated carbocycles. The molecule has 0 aromatic heterocycles. The van der Waals surface area contributed by atoms with Crippen molar-refractivity contribution in [1.29, 1.82) is 0 Å². The lowest BCUT2D eigenvalue weighted by Crippen LogP contribution is -2.38. The Morgan fingerprint density at radius 2 is 1.70 bits per heavy atom. The maximum Gasteiger partial charge on any atom is 0.190 e. The lowest BCUT2D eigenvalue weighted by Gasteiger charge is -2.26. The molecule has 0 unspecified atom stereocenters. The Balaban J connectivity index is 0.00000361. The van der Waals surface area contributed by atoms with Gasteiger partial charge in [-0.05, 0) is 51.7 Å². The van der Waals surface area contributed by atoms with Crippen molar-refractivity contribution in [3.63, 3.8) is 0 Å². The zero-order valence-corrected chi connectivity index (χ0v) is 15.6. The van der Waals surface area contributed by atoms with E-state index >= 15 is 0 Å². The van der Waals surface area contributed by atoms with Crippen LogP contribution < -0.4 is 10.6 Å². The predicted octanol–water partition coefficient (Wildman–Crippen LogP) is 2.84. The summed E-state index contributed by atoms with van der Waals surface area (Å²) in [5.74, 6) is 0.942. The maximum absolute atomic E-state index is 4.20. The van der Waals surface area contributed by atoms with Crippen molar-refractivity contribution >= 4 is 29.9 Å². The highest BCUT2D eigenvalue weighted by molar-refractivity contribution is 14.0. The topological polar surface area (TPSA) is 39.7 Å². The highest BCUT2D eigenvalue weighted by Gasteiger charge is 2.08. The highest BCUT2D eigenvalue weighted by atomic mass is 127. The smallest absolute Gasteiger partial charge is 0.190 e. The van der Waals surface area contributed by atoms with Gasteiger partial charge in [-0.25, -0.2) is 0 Å². The second kappa shape index (κ2) is 13.9. The van der Waals surface area contributed by atoms with E-state index in [-0.39, 0.29) is 24.0 Å². The summed E-state index contributed by atoms with van der Waals surface area (Å²) in [6.07, 6.45) is 9.26. The van der Waals surface area contributed by atoms with Gasteiger partial charge < -0.3 is 15.5 Å². The number of halogens is 1. The molecular formula is C15H33IN4. The van der Waals surface area contributed by atoms with Gasteiger partial charge in [0.2, 0.25) is 0 Å². The van der Waals surface area contributed by atoms with Gasteiger partial charge in [0, 0.05) is 20.1 Å². The fourth-order valence-corrected chi connectivity index (χ4v) is 2.49. The number of nitrogens with one attached hydrogen (secondary N) is 2. The van der Waals surface area contributed by atoms with Crippen LogP contribution in [0.15, 0.2) is 4.99 Å². The van der Waals surface area contributed by atoms with Crippen molar-refractivity contribution in [1.82, 2.24) is 15.5 Å². The number of nitrogens with zero attached hydrogens (tertiary/aromatic N) is 2. The summed E-state index contributed by atoms with van der Waals surface area (Å²) in [6, 6.07) is 0. The molecule has 1 heterocycles. The van der Waals surface area contributed by atoms with E-state index in [9.17, 15) is 0 Å². The van der Waals surface area contributed by atoms with E-state index in [1.165, 1.54) is 58.2 Å². The average Bonchev–Trinajstić information content (AvgIpc) is 2.47. The van der Waals surface area contributed by atoms with Gasteiger partial charge in [0.25, 0.3) is 0 Å². The van der Waals surface area contributed by atoms with E-state index in [1.807, 2.05) is 7.05 Å². The summed E-state index contributed by atoms with van der Waals surface area (Å²) >= 11 is 0. The molecule has 0 amide bonds. The molecule has 1 saturated heterocycles. The number of unbranched alkanes of at least 4 members (excludes halogenated alkanes) is 2. The van der Waals surface area contributed by atoms with Crippen molar-refractivity contribution < 1.29 is 0 Å². The summed E-state index contributed by atoms with van der Waals surface area (Å²) < 4.78 is 0. The summed E-state index contributed by atoms with van der Waals surface area (Å²) in [7, 11) is 1.83. The molecule has 0 atom stereocenters. The number of hydrogen-bond donors (Lipinski definition) is 2. The first-order chi connectivity index (χ1) is 9.36. The third kappa shape index (κ3) is 9.80. The molecule has 0 radical (unpaired) electrons. The van der Waals surface area contributed by atoms with Gasteiger partial charge in [0.15, 0.2) is 5.96 Å². The Morgan fingerprint density at radius 1 is 1.00 bits per heavy atom. The number of guanidine groups is 1. The zero-order valence-electron chi connectivity index (χ0n) is 13.3. The molecule has 4 nitrogen and oxygen atoms in total. The lowest BCUT2D eigenvalue weighted by atomic mass is 10.1. The first-order valence-corrected chi connectivity index (χ1v) is 8.03. The average molecular weight is 396 g/mol. The van der Waals surface area contributed by atoms with E-state index in [2.05, 4.69) is 27.4 Å². The molecule has 0 aromatic carbocycles. The molecule has 0 aliphatic carbocycles. The van der Waals surface area contributed by atoms with E-state index in [0.717, 1.165) is 25.5 Å². The monoisotopic (exact) mass is 396 g/mol. The molecule has 2 N–H and O–H groups in total. The number of likely N-dealkylation sites (tertiary alicyclic amines) is 1. The van der Waals surface area contributed by atoms with Crippen LogP contribution in [-0.2, 0) is 0 Å². The van der Waals surface area contributed by atoms with E-state index < -0.39 is 0 Å². The van der Waals surface area contributed by atoms with E-state index in [0.29, 0.717) is 0 Å². The Kier molecular flexibility index (Phi) is 13.9. The minimum atomic E-state index is 0. The van der Waals surface area contributed by atoms with Gasteiger partial charge in [-0.2, -0.15) is 0 Å². The van der Waals surface area contributed by atoms with E-state index in [1.54, 1.807) is 0 Å². The van der Waals surface area contributed by atoms with Crippen molar-refractivity contribution in [2.75, 3.05) is 39.8 Å². The second-order valence-electron chi connectivity index (χ2n) is 5.39. The van der Waals surface area contributed by atoms with Crippen molar-refractivity contribution in [3.05, 3.63) is 0 Å². The summed E-state index contributed by atoms with van der Waals surface area (Å²) in [5.41, 5.74) is 0. The van der Waals surface area contributed by atoms with Crippen LogP contribution in [0.4, 0.5) is 0 Å². The van der Waals surface area contributed by atoms with Crippen LogP contribution in [0.1, 0.15) is 51.9 Å². The summed E-state index contributed by atoms with van der Waals surface area (Å²) in [6.45, 7) is 8.14. The van der Waals surface area contributed by atoms with Gasteiger partial charge in [-0.1, -0.05) is 19.8 Å². The van der Waals surface area contributed by atoms with Crippen LogP contribution in [0.5, 0.6) is 0 Å².